The minimum absolute atomic E-state index is 0.120. The number of amides is 1. The fourth-order valence-corrected chi connectivity index (χ4v) is 3.19. The van der Waals surface area contributed by atoms with Crippen molar-refractivity contribution in [2.24, 2.45) is 0 Å². The Morgan fingerprint density at radius 2 is 1.89 bits per heavy atom. The highest BCUT2D eigenvalue weighted by molar-refractivity contribution is 5.95. The Morgan fingerprint density at radius 1 is 1.04 bits per heavy atom. The molecule has 0 spiro atoms. The van der Waals surface area contributed by atoms with Gasteiger partial charge in [-0.25, -0.2) is 0 Å². The third kappa shape index (κ3) is 3.88. The molecule has 2 N–H and O–H groups in total. The number of aromatic nitrogens is 2. The average molecular weight is 371 g/mol. The van der Waals surface area contributed by atoms with Crippen LogP contribution in [0.3, 0.4) is 0 Å². The summed E-state index contributed by atoms with van der Waals surface area (Å²) >= 11 is 0. The van der Waals surface area contributed by atoms with Crippen LogP contribution >= 0.6 is 0 Å². The van der Waals surface area contributed by atoms with E-state index in [0.29, 0.717) is 12.1 Å². The molecule has 28 heavy (non-hydrogen) atoms. The molecule has 140 valence electrons. The van der Waals surface area contributed by atoms with E-state index in [1.807, 2.05) is 42.6 Å². The number of pyridine rings is 1. The van der Waals surface area contributed by atoms with Crippen molar-refractivity contribution in [3.8, 4) is 16.9 Å². The maximum absolute atomic E-state index is 12.5. The number of H-pyrrole nitrogens is 1. The number of benzene rings is 2. The van der Waals surface area contributed by atoms with Crippen molar-refractivity contribution in [2.45, 2.75) is 6.42 Å². The zero-order valence-corrected chi connectivity index (χ0v) is 15.6. The molecular formula is C23H21N3O2. The predicted octanol–water partition coefficient (Wildman–Crippen LogP) is 4.21. The van der Waals surface area contributed by atoms with E-state index in [-0.39, 0.29) is 5.91 Å². The second kappa shape index (κ2) is 7.96. The molecule has 4 aromatic rings. The topological polar surface area (TPSA) is 67.0 Å². The van der Waals surface area contributed by atoms with Crippen LogP contribution in [0.15, 0.2) is 73.2 Å². The molecule has 5 heteroatoms. The lowest BCUT2D eigenvalue weighted by atomic mass is 10.1. The molecule has 0 aliphatic rings. The van der Waals surface area contributed by atoms with Crippen LogP contribution in [-0.2, 0) is 6.42 Å². The number of aromatic amines is 1. The summed E-state index contributed by atoms with van der Waals surface area (Å²) in [7, 11) is 1.64. The fourth-order valence-electron chi connectivity index (χ4n) is 3.19. The van der Waals surface area contributed by atoms with Crippen LogP contribution < -0.4 is 10.1 Å². The van der Waals surface area contributed by atoms with Gasteiger partial charge in [-0.05, 0) is 59.3 Å². The summed E-state index contributed by atoms with van der Waals surface area (Å²) in [5, 5.41) is 4.16. The Labute approximate surface area is 163 Å². The van der Waals surface area contributed by atoms with Crippen molar-refractivity contribution in [2.75, 3.05) is 13.7 Å². The van der Waals surface area contributed by atoms with Crippen LogP contribution in [0.2, 0.25) is 0 Å². The summed E-state index contributed by atoms with van der Waals surface area (Å²) in [6.07, 6.45) is 6.05. The summed E-state index contributed by atoms with van der Waals surface area (Å²) in [5.41, 5.74) is 4.75. The second-order valence-electron chi connectivity index (χ2n) is 6.60. The van der Waals surface area contributed by atoms with Gasteiger partial charge in [-0.2, -0.15) is 0 Å². The Hall–Kier alpha value is -3.60. The molecule has 5 nitrogen and oxygen atoms in total. The van der Waals surface area contributed by atoms with Crippen molar-refractivity contribution >= 4 is 16.8 Å². The number of hydrogen-bond donors (Lipinski definition) is 2. The van der Waals surface area contributed by atoms with Gasteiger partial charge in [0, 0.05) is 36.2 Å². The minimum atomic E-state index is -0.120. The van der Waals surface area contributed by atoms with Crippen molar-refractivity contribution in [1.82, 2.24) is 15.3 Å². The number of carbonyl (C=O) groups is 1. The Morgan fingerprint density at radius 3 is 2.71 bits per heavy atom. The fraction of sp³-hybridized carbons (Fsp3) is 0.130. The number of methoxy groups -OCH3 is 1. The van der Waals surface area contributed by atoms with Gasteiger partial charge >= 0.3 is 0 Å². The van der Waals surface area contributed by atoms with Crippen LogP contribution in [0.1, 0.15) is 15.9 Å². The van der Waals surface area contributed by atoms with Gasteiger partial charge in [0.25, 0.3) is 5.91 Å². The molecule has 2 aromatic carbocycles. The van der Waals surface area contributed by atoms with Crippen molar-refractivity contribution in [1.29, 1.82) is 0 Å². The van der Waals surface area contributed by atoms with Gasteiger partial charge < -0.3 is 15.0 Å². The summed E-state index contributed by atoms with van der Waals surface area (Å²) in [4.78, 5) is 19.9. The van der Waals surface area contributed by atoms with Gasteiger partial charge in [-0.1, -0.05) is 18.2 Å². The van der Waals surface area contributed by atoms with Gasteiger partial charge in [0.1, 0.15) is 5.75 Å². The van der Waals surface area contributed by atoms with Crippen LogP contribution in [0.5, 0.6) is 5.75 Å². The number of fused-ring (bicyclic) bond motifs is 1. The van der Waals surface area contributed by atoms with Crippen molar-refractivity contribution in [3.63, 3.8) is 0 Å². The number of rotatable bonds is 6. The molecule has 0 fully saturated rings. The molecule has 0 aliphatic heterocycles. The number of nitrogens with one attached hydrogen (secondary N) is 2. The molecule has 0 unspecified atom stereocenters. The van der Waals surface area contributed by atoms with Gasteiger partial charge in [-0.15, -0.1) is 0 Å². The summed E-state index contributed by atoms with van der Waals surface area (Å²) in [6.45, 7) is 0.571. The molecule has 0 saturated heterocycles. The molecule has 2 heterocycles. The van der Waals surface area contributed by atoms with Crippen molar-refractivity contribution in [3.05, 3.63) is 84.3 Å². The maximum Gasteiger partial charge on any atom is 0.252 e. The molecule has 2 aromatic heterocycles. The average Bonchev–Trinajstić information content (AvgIpc) is 3.22. The Balaban J connectivity index is 1.40. The Kier molecular flexibility index (Phi) is 5.06. The number of nitrogens with zero attached hydrogens (tertiary/aromatic N) is 1. The molecule has 0 atom stereocenters. The molecular weight excluding hydrogens is 350 g/mol. The molecule has 0 radical (unpaired) electrons. The minimum Gasteiger partial charge on any atom is -0.497 e. The highest BCUT2D eigenvalue weighted by Gasteiger charge is 2.08. The van der Waals surface area contributed by atoms with E-state index < -0.39 is 0 Å². The lowest BCUT2D eigenvalue weighted by Crippen LogP contribution is -2.25. The number of hydrogen-bond acceptors (Lipinski definition) is 3. The maximum atomic E-state index is 12.5. The first-order valence-corrected chi connectivity index (χ1v) is 9.16. The second-order valence-corrected chi connectivity index (χ2v) is 6.60. The third-order valence-corrected chi connectivity index (χ3v) is 4.74. The van der Waals surface area contributed by atoms with E-state index in [1.54, 1.807) is 19.5 Å². The highest BCUT2D eigenvalue weighted by Crippen LogP contribution is 2.22. The van der Waals surface area contributed by atoms with Crippen LogP contribution in [0.4, 0.5) is 0 Å². The van der Waals surface area contributed by atoms with Gasteiger partial charge in [0.05, 0.1) is 12.7 Å². The smallest absolute Gasteiger partial charge is 0.252 e. The predicted molar refractivity (Wildman–Crippen MR) is 111 cm³/mol. The zero-order chi connectivity index (χ0) is 19.3. The van der Waals surface area contributed by atoms with E-state index in [9.17, 15) is 4.79 Å². The van der Waals surface area contributed by atoms with Gasteiger partial charge in [-0.3, -0.25) is 9.78 Å². The molecule has 4 rings (SSSR count). The van der Waals surface area contributed by atoms with E-state index in [2.05, 4.69) is 33.5 Å². The summed E-state index contributed by atoms with van der Waals surface area (Å²) < 4.78 is 5.19. The van der Waals surface area contributed by atoms with E-state index in [4.69, 9.17) is 4.74 Å². The van der Waals surface area contributed by atoms with Crippen LogP contribution in [0.25, 0.3) is 22.0 Å². The zero-order valence-electron chi connectivity index (χ0n) is 15.6. The van der Waals surface area contributed by atoms with E-state index >= 15 is 0 Å². The van der Waals surface area contributed by atoms with Crippen LogP contribution in [0, 0.1) is 0 Å². The molecule has 0 saturated carbocycles. The third-order valence-electron chi connectivity index (χ3n) is 4.74. The van der Waals surface area contributed by atoms with Gasteiger partial charge in [0.2, 0.25) is 0 Å². The standard InChI is InChI=1S/C23H21N3O2/c1-28-21-5-3-17(4-6-21)19-13-20(15-24-14-19)23(27)26-10-8-16-2-7-22-18(12-16)9-11-25-22/h2-7,9,11-15,25H,8,10H2,1H3,(H,26,27). The van der Waals surface area contributed by atoms with Gasteiger partial charge in [0.15, 0.2) is 0 Å². The van der Waals surface area contributed by atoms with E-state index in [1.165, 1.54) is 10.9 Å². The lowest BCUT2D eigenvalue weighted by molar-refractivity contribution is 0.0954. The number of carbonyl (C=O) groups excluding carboxylic acids is 1. The first-order valence-electron chi connectivity index (χ1n) is 9.16. The molecule has 0 bridgehead atoms. The summed E-state index contributed by atoms with van der Waals surface area (Å²) in [6, 6.07) is 17.9. The number of ether oxygens (including phenoxy) is 1. The highest BCUT2D eigenvalue weighted by atomic mass is 16.5. The lowest BCUT2D eigenvalue weighted by Gasteiger charge is -2.08. The SMILES string of the molecule is COc1ccc(-c2cncc(C(=O)NCCc3ccc4[nH]ccc4c3)c2)cc1. The monoisotopic (exact) mass is 371 g/mol. The quantitative estimate of drug-likeness (QED) is 0.533. The summed E-state index contributed by atoms with van der Waals surface area (Å²) in [5.74, 6) is 0.675. The molecule has 1 amide bonds. The van der Waals surface area contributed by atoms with E-state index in [0.717, 1.165) is 28.8 Å². The first-order chi connectivity index (χ1) is 13.7. The van der Waals surface area contributed by atoms with Crippen molar-refractivity contribution < 1.29 is 9.53 Å². The normalized spacial score (nSPS) is 10.8. The largest absolute Gasteiger partial charge is 0.497 e. The van der Waals surface area contributed by atoms with Crippen LogP contribution in [-0.4, -0.2) is 29.5 Å². The Bertz CT molecular complexity index is 1100. The molecule has 0 aliphatic carbocycles. The first kappa shape index (κ1) is 17.8.